The molecule has 0 fully saturated rings. The van der Waals surface area contributed by atoms with Gasteiger partial charge in [-0.05, 0) is 82.6 Å². The van der Waals surface area contributed by atoms with Crippen molar-refractivity contribution in [3.63, 3.8) is 0 Å². The maximum Gasteiger partial charge on any atom is 0.205 e. The summed E-state index contributed by atoms with van der Waals surface area (Å²) < 4.78 is 0. The number of carbonyl (C=O) groups excluding carboxylic acids is 2. The molecule has 0 N–H and O–H groups in total. The molecule has 0 aliphatic heterocycles. The van der Waals surface area contributed by atoms with Crippen LogP contribution in [0, 0.1) is 35.5 Å². The molecule has 6 rings (SSSR count). The summed E-state index contributed by atoms with van der Waals surface area (Å²) in [5.41, 5.74) is 3.96. The van der Waals surface area contributed by atoms with E-state index in [1.54, 1.807) is 22.9 Å². The quantitative estimate of drug-likeness (QED) is 0.108. The SMILES string of the molecule is CCCCCCC(C#CC1c2ccsc2C(C#CC(CC)CCCC)c2ccsc21)CC.O=C1c2ccsc2C(=O)c2ccsc21. The highest BCUT2D eigenvalue weighted by molar-refractivity contribution is 7.15. The number of hydrogen-bond donors (Lipinski definition) is 0. The first-order valence-corrected chi connectivity index (χ1v) is 20.4. The first-order valence-electron chi connectivity index (χ1n) is 16.9. The number of fused-ring (bicyclic) bond motifs is 4. The molecule has 0 saturated heterocycles. The Morgan fingerprint density at radius 3 is 1.50 bits per heavy atom. The van der Waals surface area contributed by atoms with Gasteiger partial charge >= 0.3 is 0 Å². The van der Waals surface area contributed by atoms with E-state index in [0.29, 0.717) is 32.7 Å². The van der Waals surface area contributed by atoms with Crippen LogP contribution < -0.4 is 0 Å². The fourth-order valence-electron chi connectivity index (χ4n) is 6.18. The highest BCUT2D eigenvalue weighted by Gasteiger charge is 2.33. The van der Waals surface area contributed by atoms with E-state index in [4.69, 9.17) is 0 Å². The van der Waals surface area contributed by atoms with E-state index in [-0.39, 0.29) is 23.4 Å². The van der Waals surface area contributed by atoms with Crippen molar-refractivity contribution in [3.05, 3.63) is 87.5 Å². The Labute approximate surface area is 291 Å². The standard InChI is InChI=1S/C30H40S2.C10H4O2S2/c1-5-9-11-12-14-24(8-4)16-18-26-28-20-22-31-29(28)25(27-19-21-32-30(26)27)17-15-23(7-3)13-10-6-2;11-7-5-1-3-13-9(5)8(12)6-2-4-14-10(6)7/h19-26H,5-14H2,1-4H3;1-4H. The van der Waals surface area contributed by atoms with Crippen LogP contribution in [-0.2, 0) is 0 Å². The second kappa shape index (κ2) is 16.9. The highest BCUT2D eigenvalue weighted by Crippen LogP contribution is 2.47. The Hall–Kier alpha value is -2.74. The van der Waals surface area contributed by atoms with Gasteiger partial charge in [-0.2, -0.15) is 0 Å². The van der Waals surface area contributed by atoms with Crippen molar-refractivity contribution >= 4 is 56.9 Å². The van der Waals surface area contributed by atoms with E-state index < -0.39 is 0 Å². The average molecular weight is 685 g/mol. The summed E-state index contributed by atoms with van der Waals surface area (Å²) in [5, 5.41) is 8.08. The van der Waals surface area contributed by atoms with Crippen molar-refractivity contribution in [2.45, 2.75) is 104 Å². The predicted molar refractivity (Wildman–Crippen MR) is 199 cm³/mol. The van der Waals surface area contributed by atoms with Gasteiger partial charge in [0.15, 0.2) is 0 Å². The van der Waals surface area contributed by atoms with Crippen LogP contribution in [-0.4, -0.2) is 11.6 Å². The summed E-state index contributed by atoms with van der Waals surface area (Å²) in [6, 6.07) is 8.07. The fourth-order valence-corrected chi connectivity index (χ4v) is 9.88. The lowest BCUT2D eigenvalue weighted by Gasteiger charge is -2.24. The largest absolute Gasteiger partial charge is 0.288 e. The summed E-state index contributed by atoms with van der Waals surface area (Å²) >= 11 is 6.43. The van der Waals surface area contributed by atoms with Crippen LogP contribution >= 0.6 is 45.3 Å². The van der Waals surface area contributed by atoms with E-state index in [1.165, 1.54) is 94.9 Å². The van der Waals surface area contributed by atoms with Crippen molar-refractivity contribution < 1.29 is 9.59 Å². The van der Waals surface area contributed by atoms with Crippen LogP contribution in [0.1, 0.15) is 155 Å². The molecule has 2 nitrogen and oxygen atoms in total. The fraction of sp³-hybridized carbons (Fsp3) is 0.450. The lowest BCUT2D eigenvalue weighted by molar-refractivity contribution is 0.0986. The second-order valence-corrected chi connectivity index (χ2v) is 15.8. The van der Waals surface area contributed by atoms with Crippen LogP contribution in [0.4, 0.5) is 0 Å². The van der Waals surface area contributed by atoms with Gasteiger partial charge in [-0.3, -0.25) is 9.59 Å². The summed E-state index contributed by atoms with van der Waals surface area (Å²) in [4.78, 5) is 27.7. The maximum absolute atomic E-state index is 11.8. The van der Waals surface area contributed by atoms with Crippen LogP contribution in [0.15, 0.2) is 45.8 Å². The molecular weight excluding hydrogens is 641 g/mol. The van der Waals surface area contributed by atoms with E-state index in [2.05, 4.69) is 74.3 Å². The molecule has 2 aliphatic rings. The van der Waals surface area contributed by atoms with E-state index in [0.717, 1.165) is 12.8 Å². The topological polar surface area (TPSA) is 34.1 Å². The maximum atomic E-state index is 11.8. The lowest BCUT2D eigenvalue weighted by Crippen LogP contribution is -2.15. The minimum atomic E-state index is -0.00847. The van der Waals surface area contributed by atoms with Gasteiger partial charge in [-0.15, -0.1) is 45.3 Å². The van der Waals surface area contributed by atoms with Crippen LogP contribution in [0.3, 0.4) is 0 Å². The zero-order valence-electron chi connectivity index (χ0n) is 27.4. The third-order valence-electron chi connectivity index (χ3n) is 8.99. The Morgan fingerprint density at radius 1 is 0.587 bits per heavy atom. The van der Waals surface area contributed by atoms with Gasteiger partial charge in [-0.25, -0.2) is 0 Å². The minimum absolute atomic E-state index is 0.00847. The molecule has 4 atom stereocenters. The van der Waals surface area contributed by atoms with Crippen molar-refractivity contribution in [1.29, 1.82) is 0 Å². The highest BCUT2D eigenvalue weighted by atomic mass is 32.1. The Bertz CT molecular complexity index is 1610. The molecule has 2 aliphatic carbocycles. The van der Waals surface area contributed by atoms with Gasteiger partial charge in [0.05, 0.1) is 21.6 Å². The molecule has 0 aromatic carbocycles. The summed E-state index contributed by atoms with van der Waals surface area (Å²) in [7, 11) is 0. The predicted octanol–water partition coefficient (Wildman–Crippen LogP) is 12.2. The monoisotopic (exact) mass is 684 g/mol. The number of hydrogen-bond acceptors (Lipinski definition) is 6. The molecular formula is C40H44O2S4. The molecule has 4 heterocycles. The van der Waals surface area contributed by atoms with E-state index in [9.17, 15) is 9.59 Å². The second-order valence-electron chi connectivity index (χ2n) is 12.1. The molecule has 4 unspecified atom stereocenters. The van der Waals surface area contributed by atoms with Gasteiger partial charge in [0.25, 0.3) is 0 Å². The van der Waals surface area contributed by atoms with E-state index in [1.807, 2.05) is 22.7 Å². The Balaban J connectivity index is 0.000000244. The zero-order valence-corrected chi connectivity index (χ0v) is 30.7. The third-order valence-corrected chi connectivity index (χ3v) is 12.8. The summed E-state index contributed by atoms with van der Waals surface area (Å²) in [6.45, 7) is 9.12. The molecule has 4 aromatic heterocycles. The third kappa shape index (κ3) is 7.69. The smallest absolute Gasteiger partial charge is 0.205 e. The number of ketones is 2. The van der Waals surface area contributed by atoms with Crippen molar-refractivity contribution in [3.8, 4) is 23.7 Å². The molecule has 46 heavy (non-hydrogen) atoms. The molecule has 4 aromatic rings. The molecule has 0 amide bonds. The molecule has 0 bridgehead atoms. The van der Waals surface area contributed by atoms with Crippen molar-refractivity contribution in [1.82, 2.24) is 0 Å². The van der Waals surface area contributed by atoms with Crippen molar-refractivity contribution in [2.75, 3.05) is 0 Å². The van der Waals surface area contributed by atoms with Gasteiger partial charge in [0.1, 0.15) is 0 Å². The molecule has 0 radical (unpaired) electrons. The number of rotatable bonds is 10. The first-order chi connectivity index (χ1) is 22.5. The average Bonchev–Trinajstić information content (AvgIpc) is 3.90. The molecule has 6 heteroatoms. The van der Waals surface area contributed by atoms with Gasteiger partial charge in [-0.1, -0.05) is 89.9 Å². The van der Waals surface area contributed by atoms with Gasteiger partial charge in [0, 0.05) is 32.7 Å². The van der Waals surface area contributed by atoms with Gasteiger partial charge in [0.2, 0.25) is 11.6 Å². The van der Waals surface area contributed by atoms with E-state index >= 15 is 0 Å². The summed E-state index contributed by atoms with van der Waals surface area (Å²) in [5.74, 6) is 16.3. The van der Waals surface area contributed by atoms with Crippen LogP contribution in [0.2, 0.25) is 0 Å². The van der Waals surface area contributed by atoms with Gasteiger partial charge < -0.3 is 0 Å². The number of thiophene rings is 4. The summed E-state index contributed by atoms with van der Waals surface area (Å²) in [6.07, 6.45) is 12.6. The minimum Gasteiger partial charge on any atom is -0.288 e. The Morgan fingerprint density at radius 2 is 1.04 bits per heavy atom. The number of unbranched alkanes of at least 4 members (excludes halogenated alkanes) is 4. The van der Waals surface area contributed by atoms with Crippen LogP contribution in [0.5, 0.6) is 0 Å². The lowest BCUT2D eigenvalue weighted by atomic mass is 9.81. The zero-order chi connectivity index (χ0) is 32.5. The molecule has 240 valence electrons. The molecule has 0 saturated carbocycles. The number of carbonyl (C=O) groups is 2. The normalized spacial score (nSPS) is 17.1. The molecule has 0 spiro atoms. The van der Waals surface area contributed by atoms with Crippen LogP contribution in [0.25, 0.3) is 0 Å². The van der Waals surface area contributed by atoms with Crippen molar-refractivity contribution in [2.24, 2.45) is 11.8 Å². The first kappa shape index (κ1) is 34.6. The Kier molecular flexibility index (Phi) is 12.7.